The molecule has 0 atom stereocenters. The fourth-order valence-corrected chi connectivity index (χ4v) is 3.55. The lowest BCUT2D eigenvalue weighted by Gasteiger charge is -2.12. The summed E-state index contributed by atoms with van der Waals surface area (Å²) in [5, 5.41) is 15.7. The zero-order chi connectivity index (χ0) is 17.2. The Morgan fingerprint density at radius 2 is 2.08 bits per heavy atom. The van der Waals surface area contributed by atoms with Crippen LogP contribution in [0.5, 0.6) is 0 Å². The summed E-state index contributed by atoms with van der Waals surface area (Å²) >= 11 is 0. The molecule has 0 bridgehead atoms. The fraction of sp³-hybridized carbons (Fsp3) is 0.444. The van der Waals surface area contributed by atoms with E-state index in [0.29, 0.717) is 12.2 Å². The molecule has 0 aliphatic heterocycles. The molecule has 2 heterocycles. The van der Waals surface area contributed by atoms with Gasteiger partial charge >= 0.3 is 0 Å². The molecular formula is C18H22N6O. The van der Waals surface area contributed by atoms with E-state index in [9.17, 15) is 4.79 Å². The number of amides is 1. The molecule has 0 spiro atoms. The number of benzene rings is 1. The summed E-state index contributed by atoms with van der Waals surface area (Å²) in [5.41, 5.74) is 4.86. The normalized spacial score (nSPS) is 13.8. The van der Waals surface area contributed by atoms with E-state index in [1.54, 1.807) is 0 Å². The van der Waals surface area contributed by atoms with Gasteiger partial charge in [-0.15, -0.1) is 5.10 Å². The first-order valence-corrected chi connectivity index (χ1v) is 8.85. The first kappa shape index (κ1) is 15.8. The Hall–Kier alpha value is -2.70. The van der Waals surface area contributed by atoms with Crippen molar-refractivity contribution in [3.8, 4) is 0 Å². The van der Waals surface area contributed by atoms with Crippen molar-refractivity contribution < 1.29 is 4.79 Å². The molecule has 4 rings (SSSR count). The number of rotatable bonds is 5. The van der Waals surface area contributed by atoms with E-state index in [1.165, 1.54) is 12.1 Å². The van der Waals surface area contributed by atoms with Gasteiger partial charge in [-0.3, -0.25) is 9.48 Å². The molecule has 0 radical (unpaired) electrons. The van der Waals surface area contributed by atoms with E-state index in [4.69, 9.17) is 0 Å². The number of nitrogens with zero attached hydrogens (tertiary/aromatic N) is 5. The molecule has 1 aliphatic rings. The van der Waals surface area contributed by atoms with Crippen molar-refractivity contribution >= 4 is 16.9 Å². The molecule has 3 aromatic rings. The molecule has 1 aliphatic carbocycles. The van der Waals surface area contributed by atoms with Crippen LogP contribution in [-0.4, -0.2) is 37.2 Å². The first-order chi connectivity index (χ1) is 12.2. The number of nitrogens with one attached hydrogen (secondary N) is 1. The van der Waals surface area contributed by atoms with Crippen LogP contribution in [0.1, 0.15) is 41.0 Å². The van der Waals surface area contributed by atoms with E-state index in [2.05, 4.69) is 20.7 Å². The minimum atomic E-state index is -0.0674. The maximum atomic E-state index is 12.5. The van der Waals surface area contributed by atoms with Gasteiger partial charge in [0, 0.05) is 31.4 Å². The van der Waals surface area contributed by atoms with Gasteiger partial charge in [-0.2, -0.15) is 5.10 Å². The molecule has 0 fully saturated rings. The molecule has 1 aromatic carbocycles. The zero-order valence-electron chi connectivity index (χ0n) is 14.4. The summed E-state index contributed by atoms with van der Waals surface area (Å²) in [6.07, 6.45) is 5.09. The third-order valence-electron chi connectivity index (χ3n) is 4.83. The average molecular weight is 338 g/mol. The van der Waals surface area contributed by atoms with Gasteiger partial charge in [0.25, 0.3) is 5.91 Å². The van der Waals surface area contributed by atoms with Crippen LogP contribution in [0, 0.1) is 0 Å². The third kappa shape index (κ3) is 3.01. The average Bonchev–Trinajstić information content (AvgIpc) is 3.21. The fourth-order valence-electron chi connectivity index (χ4n) is 3.55. The van der Waals surface area contributed by atoms with Crippen LogP contribution >= 0.6 is 0 Å². The van der Waals surface area contributed by atoms with Crippen LogP contribution in [-0.2, 0) is 26.4 Å². The molecule has 1 N–H and O–H groups in total. The van der Waals surface area contributed by atoms with Crippen LogP contribution in [0.15, 0.2) is 24.3 Å². The zero-order valence-corrected chi connectivity index (χ0v) is 14.4. The van der Waals surface area contributed by atoms with Crippen molar-refractivity contribution in [3.05, 3.63) is 41.2 Å². The van der Waals surface area contributed by atoms with Crippen molar-refractivity contribution in [2.75, 3.05) is 6.54 Å². The van der Waals surface area contributed by atoms with Gasteiger partial charge in [0.05, 0.1) is 5.52 Å². The highest BCUT2D eigenvalue weighted by molar-refractivity contribution is 5.94. The Labute approximate surface area is 146 Å². The Morgan fingerprint density at radius 1 is 1.24 bits per heavy atom. The van der Waals surface area contributed by atoms with Gasteiger partial charge < -0.3 is 5.32 Å². The summed E-state index contributed by atoms with van der Waals surface area (Å²) in [7, 11) is 1.93. The Bertz CT molecular complexity index is 910. The number of hydrogen-bond donors (Lipinski definition) is 1. The van der Waals surface area contributed by atoms with Gasteiger partial charge in [0.1, 0.15) is 5.52 Å². The van der Waals surface area contributed by atoms with E-state index in [0.717, 1.165) is 48.8 Å². The van der Waals surface area contributed by atoms with E-state index < -0.39 is 0 Å². The lowest BCUT2D eigenvalue weighted by atomic mass is 9.95. The molecule has 1 amide bonds. The lowest BCUT2D eigenvalue weighted by molar-refractivity contribution is 0.0946. The number of carbonyl (C=O) groups is 1. The van der Waals surface area contributed by atoms with Crippen LogP contribution in [0.2, 0.25) is 0 Å². The molecule has 25 heavy (non-hydrogen) atoms. The van der Waals surface area contributed by atoms with E-state index >= 15 is 0 Å². The van der Waals surface area contributed by atoms with Crippen LogP contribution in [0.4, 0.5) is 0 Å². The molecule has 0 saturated carbocycles. The second-order valence-corrected chi connectivity index (χ2v) is 6.52. The smallest absolute Gasteiger partial charge is 0.272 e. The van der Waals surface area contributed by atoms with E-state index in [-0.39, 0.29) is 5.91 Å². The third-order valence-corrected chi connectivity index (χ3v) is 4.83. The quantitative estimate of drug-likeness (QED) is 0.720. The SMILES string of the molecule is Cn1nc(C(=O)NCCCn2nnc3ccccc32)c2c1CCCC2. The van der Waals surface area contributed by atoms with Crippen LogP contribution in [0.3, 0.4) is 0 Å². The number of aryl methyl sites for hydroxylation is 2. The number of para-hydroxylation sites is 1. The molecule has 2 aromatic heterocycles. The van der Waals surface area contributed by atoms with E-state index in [1.807, 2.05) is 40.7 Å². The van der Waals surface area contributed by atoms with Gasteiger partial charge in [0.15, 0.2) is 5.69 Å². The van der Waals surface area contributed by atoms with Crippen molar-refractivity contribution in [2.24, 2.45) is 7.05 Å². The monoisotopic (exact) mass is 338 g/mol. The minimum Gasteiger partial charge on any atom is -0.351 e. The van der Waals surface area contributed by atoms with Gasteiger partial charge in [-0.1, -0.05) is 17.3 Å². The second-order valence-electron chi connectivity index (χ2n) is 6.52. The summed E-state index contributed by atoms with van der Waals surface area (Å²) in [6, 6.07) is 7.89. The number of fused-ring (bicyclic) bond motifs is 2. The Morgan fingerprint density at radius 3 is 3.00 bits per heavy atom. The summed E-state index contributed by atoms with van der Waals surface area (Å²) < 4.78 is 3.75. The summed E-state index contributed by atoms with van der Waals surface area (Å²) in [4.78, 5) is 12.5. The van der Waals surface area contributed by atoms with Crippen LogP contribution < -0.4 is 5.32 Å². The molecule has 7 heteroatoms. The highest BCUT2D eigenvalue weighted by Crippen LogP contribution is 2.23. The predicted molar refractivity (Wildman–Crippen MR) is 94.3 cm³/mol. The van der Waals surface area contributed by atoms with Crippen molar-refractivity contribution in [1.82, 2.24) is 30.1 Å². The Kier molecular flexibility index (Phi) is 4.21. The first-order valence-electron chi connectivity index (χ1n) is 8.85. The molecule has 130 valence electrons. The maximum absolute atomic E-state index is 12.5. The lowest BCUT2D eigenvalue weighted by Crippen LogP contribution is -2.27. The highest BCUT2D eigenvalue weighted by Gasteiger charge is 2.23. The Balaban J connectivity index is 1.35. The van der Waals surface area contributed by atoms with Crippen molar-refractivity contribution in [3.63, 3.8) is 0 Å². The van der Waals surface area contributed by atoms with Crippen molar-refractivity contribution in [1.29, 1.82) is 0 Å². The topological polar surface area (TPSA) is 77.6 Å². The highest BCUT2D eigenvalue weighted by atomic mass is 16.1. The van der Waals surface area contributed by atoms with Crippen LogP contribution in [0.25, 0.3) is 11.0 Å². The molecule has 0 saturated heterocycles. The second kappa shape index (κ2) is 6.66. The van der Waals surface area contributed by atoms with Gasteiger partial charge in [0.2, 0.25) is 0 Å². The molecule has 7 nitrogen and oxygen atoms in total. The maximum Gasteiger partial charge on any atom is 0.272 e. The van der Waals surface area contributed by atoms with Gasteiger partial charge in [-0.25, -0.2) is 4.68 Å². The van der Waals surface area contributed by atoms with Crippen molar-refractivity contribution in [2.45, 2.75) is 38.6 Å². The summed E-state index contributed by atoms with van der Waals surface area (Å²) in [6.45, 7) is 1.32. The summed E-state index contributed by atoms with van der Waals surface area (Å²) in [5.74, 6) is -0.0674. The molecular weight excluding hydrogens is 316 g/mol. The largest absolute Gasteiger partial charge is 0.351 e. The minimum absolute atomic E-state index is 0.0674. The molecule has 0 unspecified atom stereocenters. The number of aromatic nitrogens is 5. The standard InChI is InChI=1S/C18H22N6O/c1-23-15-9-4-2-7-13(15)17(21-23)18(25)19-11-6-12-24-16-10-5-3-8-14(16)20-22-24/h3,5,8,10H,2,4,6-7,9,11-12H2,1H3,(H,19,25). The van der Waals surface area contributed by atoms with Gasteiger partial charge in [-0.05, 0) is 44.2 Å². The number of carbonyl (C=O) groups excluding carboxylic acids is 1. The predicted octanol–water partition coefficient (Wildman–Crippen LogP) is 1.86. The number of hydrogen-bond acceptors (Lipinski definition) is 4.